The second kappa shape index (κ2) is 11.4. The van der Waals surface area contributed by atoms with Gasteiger partial charge >= 0.3 is 0 Å². The number of aromatic nitrogens is 2. The smallest absolute Gasteiger partial charge is 0.251 e. The van der Waals surface area contributed by atoms with Gasteiger partial charge < -0.3 is 15.5 Å². The molecule has 2 aromatic carbocycles. The van der Waals surface area contributed by atoms with Gasteiger partial charge in [-0.15, -0.1) is 0 Å². The van der Waals surface area contributed by atoms with Crippen LogP contribution in [0.1, 0.15) is 72.5 Å². The van der Waals surface area contributed by atoms with Crippen molar-refractivity contribution >= 4 is 32.4 Å². The number of fused-ring (bicyclic) bond motifs is 3. The van der Waals surface area contributed by atoms with Crippen LogP contribution in [0.25, 0.3) is 26.4 Å². The highest BCUT2D eigenvalue weighted by Crippen LogP contribution is 2.39. The van der Waals surface area contributed by atoms with E-state index in [4.69, 9.17) is 4.98 Å². The Labute approximate surface area is 243 Å². The van der Waals surface area contributed by atoms with Gasteiger partial charge in [-0.3, -0.25) is 9.20 Å². The lowest BCUT2D eigenvalue weighted by Gasteiger charge is -2.28. The number of imidazole rings is 1. The van der Waals surface area contributed by atoms with Crippen molar-refractivity contribution in [3.63, 3.8) is 0 Å². The van der Waals surface area contributed by atoms with Crippen LogP contribution in [0.4, 0.5) is 8.78 Å². The third-order valence-corrected chi connectivity index (χ3v) is 10.1. The van der Waals surface area contributed by atoms with E-state index in [1.165, 1.54) is 12.8 Å². The number of hydrogen-bond acceptors (Lipinski definition) is 5. The third kappa shape index (κ3) is 5.64. The summed E-state index contributed by atoms with van der Waals surface area (Å²) in [6.07, 6.45) is 8.78. The summed E-state index contributed by atoms with van der Waals surface area (Å²) >= 11 is 1.58. The lowest BCUT2D eigenvalue weighted by molar-refractivity contribution is 0.0949. The average molecular weight is 578 g/mol. The Morgan fingerprint density at radius 2 is 1.98 bits per heavy atom. The molecule has 1 unspecified atom stereocenters. The first kappa shape index (κ1) is 27.0. The van der Waals surface area contributed by atoms with E-state index in [0.717, 1.165) is 83.7 Å². The van der Waals surface area contributed by atoms with Crippen LogP contribution >= 0.6 is 11.3 Å². The van der Waals surface area contributed by atoms with Crippen LogP contribution in [-0.2, 0) is 6.42 Å². The molecular formula is C32H37F2N5OS. The number of piperidine rings is 1. The number of carbonyl (C=O) groups is 1. The first-order valence-corrected chi connectivity index (χ1v) is 16.0. The lowest BCUT2D eigenvalue weighted by atomic mass is 10.0. The maximum Gasteiger partial charge on any atom is 0.251 e. The highest BCUT2D eigenvalue weighted by Gasteiger charge is 2.27. The number of hydrogen-bond donors (Lipinski definition) is 2. The zero-order valence-electron chi connectivity index (χ0n) is 23.3. The van der Waals surface area contributed by atoms with Gasteiger partial charge in [-0.25, -0.2) is 13.8 Å². The molecule has 41 heavy (non-hydrogen) atoms. The van der Waals surface area contributed by atoms with Crippen molar-refractivity contribution in [2.45, 2.75) is 63.6 Å². The predicted molar refractivity (Wildman–Crippen MR) is 160 cm³/mol. The van der Waals surface area contributed by atoms with Gasteiger partial charge in [-0.05, 0) is 106 Å². The van der Waals surface area contributed by atoms with Crippen molar-refractivity contribution in [2.24, 2.45) is 5.92 Å². The molecule has 0 radical (unpaired) electrons. The first-order chi connectivity index (χ1) is 20.0. The molecule has 2 N–H and O–H groups in total. The molecular weight excluding hydrogens is 540 g/mol. The monoisotopic (exact) mass is 577 g/mol. The fraction of sp³-hybridized carbons (Fsp3) is 0.500. The zero-order chi connectivity index (χ0) is 27.9. The fourth-order valence-corrected chi connectivity index (χ4v) is 7.59. The molecule has 9 heteroatoms. The molecule has 6 nitrogen and oxygen atoms in total. The molecule has 3 fully saturated rings. The number of nitrogens with zero attached hydrogens (tertiary/aromatic N) is 3. The largest absolute Gasteiger partial charge is 0.352 e. The molecule has 4 heterocycles. The highest BCUT2D eigenvalue weighted by molar-refractivity contribution is 7.23. The number of halogens is 2. The Bertz CT molecular complexity index is 1560. The van der Waals surface area contributed by atoms with Crippen molar-refractivity contribution in [2.75, 3.05) is 32.7 Å². The van der Waals surface area contributed by atoms with Crippen molar-refractivity contribution < 1.29 is 13.6 Å². The number of thiazole rings is 1. The number of benzene rings is 2. The predicted octanol–water partition coefficient (Wildman–Crippen LogP) is 6.29. The molecule has 0 spiro atoms. The minimum absolute atomic E-state index is 0.0318. The van der Waals surface area contributed by atoms with Crippen molar-refractivity contribution in [3.05, 3.63) is 59.0 Å². The minimum Gasteiger partial charge on any atom is -0.352 e. The second-order valence-electron chi connectivity index (χ2n) is 12.0. The van der Waals surface area contributed by atoms with Gasteiger partial charge in [-0.1, -0.05) is 17.4 Å². The van der Waals surface area contributed by atoms with Crippen molar-refractivity contribution in [1.29, 1.82) is 0 Å². The molecule has 216 valence electrons. The molecule has 1 aliphatic carbocycles. The Morgan fingerprint density at radius 1 is 1.12 bits per heavy atom. The number of rotatable bonds is 9. The summed E-state index contributed by atoms with van der Waals surface area (Å²) in [5.41, 5.74) is 4.99. The van der Waals surface area contributed by atoms with Gasteiger partial charge in [-0.2, -0.15) is 0 Å². The van der Waals surface area contributed by atoms with E-state index < -0.39 is 6.17 Å². The zero-order valence-corrected chi connectivity index (χ0v) is 24.1. The fourth-order valence-electron chi connectivity index (χ4n) is 6.42. The van der Waals surface area contributed by atoms with Crippen LogP contribution < -0.4 is 10.6 Å². The standard InChI is InChI=1S/C32H37F2N5OS/c33-22-10-15-38(16-11-22)14-2-13-36-31(40)23-8-9-29-30(25(23)17-20-4-5-20)41-32-37-28(19-39(29)32)24-7-6-21(18-26(24)34)27-3-1-12-35-27/h6-9,18-20,22,27,35H,1-5,10-17H2,(H,36,40). The van der Waals surface area contributed by atoms with Crippen molar-refractivity contribution in [1.82, 2.24) is 24.9 Å². The van der Waals surface area contributed by atoms with Gasteiger partial charge in [0.15, 0.2) is 4.96 Å². The van der Waals surface area contributed by atoms with Crippen LogP contribution in [-0.4, -0.2) is 59.1 Å². The summed E-state index contributed by atoms with van der Waals surface area (Å²) in [6, 6.07) is 9.68. The van der Waals surface area contributed by atoms with E-state index in [1.807, 2.05) is 34.9 Å². The third-order valence-electron chi connectivity index (χ3n) is 8.99. The van der Waals surface area contributed by atoms with Gasteiger partial charge in [0, 0.05) is 43.0 Å². The molecule has 1 atom stereocenters. The lowest BCUT2D eigenvalue weighted by Crippen LogP contribution is -2.36. The maximum absolute atomic E-state index is 15.2. The summed E-state index contributed by atoms with van der Waals surface area (Å²) in [6.45, 7) is 4.07. The van der Waals surface area contributed by atoms with Crippen LogP contribution in [0.3, 0.4) is 0 Å². The van der Waals surface area contributed by atoms with E-state index in [-0.39, 0.29) is 17.8 Å². The first-order valence-electron chi connectivity index (χ1n) is 15.1. The van der Waals surface area contributed by atoms with Crippen LogP contribution in [0.15, 0.2) is 36.5 Å². The van der Waals surface area contributed by atoms with Crippen molar-refractivity contribution in [3.8, 4) is 11.3 Å². The molecule has 2 aromatic heterocycles. The van der Waals surface area contributed by atoms with Gasteiger partial charge in [0.2, 0.25) is 0 Å². The van der Waals surface area contributed by atoms with E-state index in [0.29, 0.717) is 36.6 Å². The molecule has 1 amide bonds. The molecule has 3 aliphatic rings. The normalized spacial score (nSPS) is 20.4. The molecule has 7 rings (SSSR count). The van der Waals surface area contributed by atoms with Crippen LogP contribution in [0.5, 0.6) is 0 Å². The van der Waals surface area contributed by atoms with E-state index in [2.05, 4.69) is 15.5 Å². The molecule has 1 saturated carbocycles. The van der Waals surface area contributed by atoms with Crippen LogP contribution in [0, 0.1) is 11.7 Å². The Kier molecular flexibility index (Phi) is 7.52. The topological polar surface area (TPSA) is 61.7 Å². The Morgan fingerprint density at radius 3 is 2.73 bits per heavy atom. The number of likely N-dealkylation sites (tertiary alicyclic amines) is 1. The second-order valence-corrected chi connectivity index (χ2v) is 13.0. The Balaban J connectivity index is 1.10. The van der Waals surface area contributed by atoms with E-state index in [1.54, 1.807) is 17.4 Å². The minimum atomic E-state index is -0.663. The molecule has 4 aromatic rings. The number of amides is 1. The summed E-state index contributed by atoms with van der Waals surface area (Å²) in [7, 11) is 0. The number of nitrogens with one attached hydrogen (secondary N) is 2. The summed E-state index contributed by atoms with van der Waals surface area (Å²) in [5, 5.41) is 6.57. The quantitative estimate of drug-likeness (QED) is 0.230. The summed E-state index contributed by atoms with van der Waals surface area (Å²) < 4.78 is 31.7. The van der Waals surface area contributed by atoms with Gasteiger partial charge in [0.25, 0.3) is 5.91 Å². The molecule has 2 saturated heterocycles. The summed E-state index contributed by atoms with van der Waals surface area (Å²) in [4.78, 5) is 21.2. The van der Waals surface area contributed by atoms with E-state index in [9.17, 15) is 9.18 Å². The number of alkyl halides is 1. The molecule has 2 aliphatic heterocycles. The van der Waals surface area contributed by atoms with Gasteiger partial charge in [0.05, 0.1) is 15.9 Å². The molecule has 0 bridgehead atoms. The maximum atomic E-state index is 15.2. The summed E-state index contributed by atoms with van der Waals surface area (Å²) in [5.74, 6) is 0.347. The SMILES string of the molecule is O=C(NCCCN1CCC(F)CC1)c1ccc2c(sc3nc(-c4ccc(C5CCCN5)cc4F)cn32)c1CC1CC1. The van der Waals surface area contributed by atoms with Crippen LogP contribution in [0.2, 0.25) is 0 Å². The Hall–Kier alpha value is -2.88. The average Bonchev–Trinajstić information content (AvgIpc) is 3.33. The highest BCUT2D eigenvalue weighted by atomic mass is 32.1. The number of carbonyl (C=O) groups excluding carboxylic acids is 1. The van der Waals surface area contributed by atoms with E-state index >= 15 is 4.39 Å². The van der Waals surface area contributed by atoms with Gasteiger partial charge in [0.1, 0.15) is 12.0 Å².